The number of H-pyrrole nitrogens is 1. The standard InChI is InChI=1S/C23H21N3O5/c1-14-20(16-10-6-7-11-17(16)24-14)18(27)13-31-19(28)12-26-21(29)23(2,25-22(26)30)15-8-4-3-5-9-15/h3-11,24H,12-13H2,1-2H3,(H,25,30)/t23-/m0/s1. The number of aromatic amines is 1. The molecule has 2 N–H and O–H groups in total. The van der Waals surface area contributed by atoms with Gasteiger partial charge in [-0.25, -0.2) is 4.79 Å². The fourth-order valence-corrected chi connectivity index (χ4v) is 3.84. The number of carbonyl (C=O) groups is 4. The first-order valence-electron chi connectivity index (χ1n) is 9.77. The summed E-state index contributed by atoms with van der Waals surface area (Å²) in [5.41, 5.74) is 1.28. The second kappa shape index (κ2) is 7.71. The van der Waals surface area contributed by atoms with Crippen molar-refractivity contribution in [1.29, 1.82) is 0 Å². The van der Waals surface area contributed by atoms with E-state index in [4.69, 9.17) is 4.74 Å². The largest absolute Gasteiger partial charge is 0.456 e. The van der Waals surface area contributed by atoms with Crippen molar-refractivity contribution in [3.8, 4) is 0 Å². The molecule has 1 aromatic heterocycles. The van der Waals surface area contributed by atoms with Gasteiger partial charge >= 0.3 is 12.0 Å². The Morgan fingerprint density at radius 1 is 1.03 bits per heavy atom. The van der Waals surface area contributed by atoms with Crippen molar-refractivity contribution in [3.63, 3.8) is 0 Å². The number of carbonyl (C=O) groups excluding carboxylic acids is 4. The Balaban J connectivity index is 1.42. The predicted octanol–water partition coefficient (Wildman–Crippen LogP) is 2.67. The molecule has 1 saturated heterocycles. The summed E-state index contributed by atoms with van der Waals surface area (Å²) in [5, 5.41) is 3.37. The third-order valence-electron chi connectivity index (χ3n) is 5.45. The van der Waals surface area contributed by atoms with Gasteiger partial charge in [0, 0.05) is 22.2 Å². The van der Waals surface area contributed by atoms with Crippen LogP contribution >= 0.6 is 0 Å². The number of aryl methyl sites for hydroxylation is 1. The van der Waals surface area contributed by atoms with Crippen molar-refractivity contribution in [2.45, 2.75) is 19.4 Å². The number of nitrogens with one attached hydrogen (secondary N) is 2. The fraction of sp³-hybridized carbons (Fsp3) is 0.217. The molecule has 8 heteroatoms. The van der Waals surface area contributed by atoms with Gasteiger partial charge in [0.1, 0.15) is 12.1 Å². The molecule has 31 heavy (non-hydrogen) atoms. The summed E-state index contributed by atoms with van der Waals surface area (Å²) in [6, 6.07) is 15.4. The molecule has 1 aliphatic heterocycles. The second-order valence-electron chi connectivity index (χ2n) is 7.57. The van der Waals surface area contributed by atoms with Crippen LogP contribution in [0.25, 0.3) is 10.9 Å². The lowest BCUT2D eigenvalue weighted by Gasteiger charge is -2.21. The first-order chi connectivity index (χ1) is 14.8. The Morgan fingerprint density at radius 2 is 1.71 bits per heavy atom. The van der Waals surface area contributed by atoms with Gasteiger partial charge in [-0.1, -0.05) is 48.5 Å². The minimum atomic E-state index is -1.27. The molecule has 1 aliphatic rings. The van der Waals surface area contributed by atoms with E-state index in [1.807, 2.05) is 24.3 Å². The highest BCUT2D eigenvalue weighted by Crippen LogP contribution is 2.28. The Hall–Kier alpha value is -3.94. The minimum absolute atomic E-state index is 0.366. The number of ketones is 1. The SMILES string of the molecule is Cc1[nH]c2ccccc2c1C(=O)COC(=O)CN1C(=O)N[C@@](C)(c2ccccc2)C1=O. The number of fused-ring (bicyclic) bond motifs is 1. The number of benzene rings is 2. The van der Waals surface area contributed by atoms with Crippen LogP contribution in [0, 0.1) is 6.92 Å². The number of imide groups is 1. The van der Waals surface area contributed by atoms with Crippen LogP contribution in [0.4, 0.5) is 4.79 Å². The number of nitrogens with zero attached hydrogens (tertiary/aromatic N) is 1. The van der Waals surface area contributed by atoms with Crippen LogP contribution in [-0.2, 0) is 19.9 Å². The van der Waals surface area contributed by atoms with E-state index in [0.717, 1.165) is 15.8 Å². The number of amides is 3. The third kappa shape index (κ3) is 3.56. The van der Waals surface area contributed by atoms with Crippen molar-refractivity contribution in [2.75, 3.05) is 13.2 Å². The topological polar surface area (TPSA) is 109 Å². The van der Waals surface area contributed by atoms with Gasteiger partial charge in [0.05, 0.1) is 0 Å². The van der Waals surface area contributed by atoms with E-state index in [1.54, 1.807) is 44.2 Å². The van der Waals surface area contributed by atoms with Crippen LogP contribution in [0.15, 0.2) is 54.6 Å². The molecule has 0 saturated carbocycles. The van der Waals surface area contributed by atoms with Crippen molar-refractivity contribution in [3.05, 3.63) is 71.4 Å². The number of hydrogen-bond acceptors (Lipinski definition) is 5. The van der Waals surface area contributed by atoms with Gasteiger partial charge in [-0.15, -0.1) is 0 Å². The Morgan fingerprint density at radius 3 is 2.45 bits per heavy atom. The van der Waals surface area contributed by atoms with Gasteiger partial charge in [0.15, 0.2) is 6.61 Å². The molecule has 4 rings (SSSR count). The molecule has 8 nitrogen and oxygen atoms in total. The van der Waals surface area contributed by atoms with Gasteiger partial charge in [0.25, 0.3) is 5.91 Å². The molecule has 1 atom stereocenters. The molecule has 1 fully saturated rings. The summed E-state index contributed by atoms with van der Waals surface area (Å²) in [6.45, 7) is 2.29. The van der Waals surface area contributed by atoms with Crippen molar-refractivity contribution < 1.29 is 23.9 Å². The van der Waals surface area contributed by atoms with Crippen LogP contribution in [0.1, 0.15) is 28.5 Å². The van der Waals surface area contributed by atoms with Crippen LogP contribution < -0.4 is 5.32 Å². The Kier molecular flexibility index (Phi) is 5.06. The number of esters is 1. The first kappa shape index (κ1) is 20.3. The van der Waals surface area contributed by atoms with E-state index in [-0.39, 0.29) is 5.78 Å². The minimum Gasteiger partial charge on any atom is -0.456 e. The molecule has 3 aromatic rings. The van der Waals surface area contributed by atoms with E-state index < -0.39 is 36.6 Å². The normalized spacial score (nSPS) is 18.3. The lowest BCUT2D eigenvalue weighted by molar-refractivity contribution is -0.146. The van der Waals surface area contributed by atoms with E-state index in [9.17, 15) is 19.2 Å². The van der Waals surface area contributed by atoms with Gasteiger partial charge in [-0.3, -0.25) is 19.3 Å². The third-order valence-corrected chi connectivity index (χ3v) is 5.45. The number of para-hydroxylation sites is 1. The zero-order valence-electron chi connectivity index (χ0n) is 17.1. The average Bonchev–Trinajstić information content (AvgIpc) is 3.21. The highest BCUT2D eigenvalue weighted by molar-refractivity contribution is 6.11. The summed E-state index contributed by atoms with van der Waals surface area (Å²) < 4.78 is 5.09. The van der Waals surface area contributed by atoms with Crippen molar-refractivity contribution in [2.24, 2.45) is 0 Å². The quantitative estimate of drug-likeness (QED) is 0.363. The Bertz CT molecular complexity index is 1200. The molecule has 3 amide bonds. The maximum Gasteiger partial charge on any atom is 0.326 e. The maximum absolute atomic E-state index is 12.9. The first-order valence-corrected chi connectivity index (χ1v) is 9.77. The predicted molar refractivity (Wildman–Crippen MR) is 112 cm³/mol. The molecule has 0 bridgehead atoms. The summed E-state index contributed by atoms with van der Waals surface area (Å²) in [7, 11) is 0. The lowest BCUT2D eigenvalue weighted by atomic mass is 9.92. The molecular weight excluding hydrogens is 398 g/mol. The lowest BCUT2D eigenvalue weighted by Crippen LogP contribution is -2.41. The fourth-order valence-electron chi connectivity index (χ4n) is 3.84. The molecule has 0 unspecified atom stereocenters. The van der Waals surface area contributed by atoms with Gasteiger partial charge in [0.2, 0.25) is 5.78 Å². The zero-order valence-corrected chi connectivity index (χ0v) is 17.1. The molecule has 0 aliphatic carbocycles. The summed E-state index contributed by atoms with van der Waals surface area (Å²) >= 11 is 0. The Labute approximate surface area is 178 Å². The molecule has 0 radical (unpaired) electrons. The maximum atomic E-state index is 12.9. The van der Waals surface area contributed by atoms with Crippen LogP contribution in [-0.4, -0.2) is 46.7 Å². The van der Waals surface area contributed by atoms with E-state index in [0.29, 0.717) is 16.8 Å². The van der Waals surface area contributed by atoms with E-state index >= 15 is 0 Å². The van der Waals surface area contributed by atoms with Crippen LogP contribution in [0.3, 0.4) is 0 Å². The second-order valence-corrected chi connectivity index (χ2v) is 7.57. The molecular formula is C23H21N3O5. The zero-order chi connectivity index (χ0) is 22.2. The van der Waals surface area contributed by atoms with Gasteiger partial charge in [-0.05, 0) is 25.5 Å². The molecule has 0 spiro atoms. The van der Waals surface area contributed by atoms with E-state index in [1.165, 1.54) is 0 Å². The van der Waals surface area contributed by atoms with Crippen molar-refractivity contribution >= 4 is 34.6 Å². The van der Waals surface area contributed by atoms with E-state index in [2.05, 4.69) is 10.3 Å². The highest BCUT2D eigenvalue weighted by Gasteiger charge is 2.49. The molecule has 2 heterocycles. The van der Waals surface area contributed by atoms with Crippen LogP contribution in [0.2, 0.25) is 0 Å². The van der Waals surface area contributed by atoms with Crippen LogP contribution in [0.5, 0.6) is 0 Å². The monoisotopic (exact) mass is 419 g/mol. The number of ether oxygens (including phenoxy) is 1. The molecule has 158 valence electrons. The number of urea groups is 1. The van der Waals surface area contributed by atoms with Crippen molar-refractivity contribution in [1.82, 2.24) is 15.2 Å². The smallest absolute Gasteiger partial charge is 0.326 e. The average molecular weight is 419 g/mol. The molecule has 2 aromatic carbocycles. The summed E-state index contributed by atoms with van der Waals surface area (Å²) in [6.07, 6.45) is 0. The number of aromatic nitrogens is 1. The van der Waals surface area contributed by atoms with Gasteiger partial charge in [-0.2, -0.15) is 0 Å². The number of hydrogen-bond donors (Lipinski definition) is 2. The summed E-state index contributed by atoms with van der Waals surface area (Å²) in [5.74, 6) is -1.76. The summed E-state index contributed by atoms with van der Waals surface area (Å²) in [4.78, 5) is 54.1. The number of Topliss-reactive ketones (excluding diaryl/α,β-unsaturated/α-hetero) is 1. The highest BCUT2D eigenvalue weighted by atomic mass is 16.5. The van der Waals surface area contributed by atoms with Gasteiger partial charge < -0.3 is 15.0 Å². The number of rotatable bonds is 6.